The molecule has 0 heterocycles. The summed E-state index contributed by atoms with van der Waals surface area (Å²) in [7, 11) is 0. The summed E-state index contributed by atoms with van der Waals surface area (Å²) in [5.74, 6) is -0.951. The number of hydrogen-bond donors (Lipinski definition) is 4. The van der Waals surface area contributed by atoms with Crippen LogP contribution in [0.15, 0.2) is 48.5 Å². The molecule has 9 heteroatoms. The van der Waals surface area contributed by atoms with Gasteiger partial charge in [0.05, 0.1) is 0 Å². The quantitative estimate of drug-likeness (QED) is 0.215. The molecule has 42 heavy (non-hydrogen) atoms. The summed E-state index contributed by atoms with van der Waals surface area (Å²) in [6, 6.07) is 10.6. The van der Waals surface area contributed by atoms with Crippen LogP contribution >= 0.6 is 0 Å². The van der Waals surface area contributed by atoms with Gasteiger partial charge in [-0.3, -0.25) is 9.59 Å². The van der Waals surface area contributed by atoms with E-state index in [1.165, 1.54) is 23.1 Å². The van der Waals surface area contributed by atoms with Crippen molar-refractivity contribution in [2.24, 2.45) is 0 Å². The fraction of sp³-hybridized carbons (Fsp3) is 0.545. The largest absolute Gasteiger partial charge is 0.508 e. The number of amides is 3. The molecule has 0 radical (unpaired) electrons. The van der Waals surface area contributed by atoms with E-state index in [1.54, 1.807) is 51.1 Å². The average Bonchev–Trinajstić information content (AvgIpc) is 2.87. The predicted molar refractivity (Wildman–Crippen MR) is 164 cm³/mol. The molecule has 0 bridgehead atoms. The number of unbranched alkanes of at least 4 members (excludes halogenated alkanes) is 4. The summed E-state index contributed by atoms with van der Waals surface area (Å²) in [5, 5.41) is 26.3. The van der Waals surface area contributed by atoms with E-state index in [0.29, 0.717) is 17.5 Å². The van der Waals surface area contributed by atoms with Crippen LogP contribution in [-0.4, -0.2) is 56.7 Å². The number of ether oxygens (including phenoxy) is 1. The number of benzene rings is 2. The maximum absolute atomic E-state index is 14.5. The molecule has 0 fully saturated rings. The lowest BCUT2D eigenvalue weighted by molar-refractivity contribution is -0.143. The lowest BCUT2D eigenvalue weighted by Gasteiger charge is -2.36. The van der Waals surface area contributed by atoms with Gasteiger partial charge < -0.3 is 30.5 Å². The molecule has 0 aromatic heterocycles. The Morgan fingerprint density at radius 3 is 2.07 bits per heavy atom. The van der Waals surface area contributed by atoms with Crippen LogP contribution in [0.1, 0.15) is 97.7 Å². The van der Waals surface area contributed by atoms with Crippen LogP contribution in [0, 0.1) is 0 Å². The molecule has 0 spiro atoms. The predicted octanol–water partition coefficient (Wildman–Crippen LogP) is 5.99. The Morgan fingerprint density at radius 2 is 1.50 bits per heavy atom. The van der Waals surface area contributed by atoms with E-state index < -0.39 is 41.1 Å². The molecule has 9 nitrogen and oxygen atoms in total. The summed E-state index contributed by atoms with van der Waals surface area (Å²) in [5.41, 5.74) is -0.402. The number of rotatable bonds is 13. The van der Waals surface area contributed by atoms with Crippen LogP contribution < -0.4 is 10.6 Å². The van der Waals surface area contributed by atoms with Gasteiger partial charge in [-0.25, -0.2) is 4.79 Å². The van der Waals surface area contributed by atoms with Gasteiger partial charge in [-0.15, -0.1) is 0 Å². The molecule has 0 saturated carbocycles. The highest BCUT2D eigenvalue weighted by molar-refractivity contribution is 5.93. The SMILES string of the molecule is CCCCCCCN(C(=O)C(Cc1ccc(O)cc1)NC(=O)OC(C)(C)C)C(C(=O)NC(C)(C)C)c1ccccc1O. The van der Waals surface area contributed by atoms with Gasteiger partial charge in [0, 0.05) is 24.1 Å². The summed E-state index contributed by atoms with van der Waals surface area (Å²) in [4.78, 5) is 42.7. The second-order valence-electron chi connectivity index (χ2n) is 12.7. The minimum atomic E-state index is -1.15. The molecule has 0 aliphatic carbocycles. The van der Waals surface area contributed by atoms with Crippen LogP contribution in [0.25, 0.3) is 0 Å². The number of para-hydroxylation sites is 1. The standard InChI is InChI=1S/C33H49N3O6/c1-8-9-10-11-14-21-36(28(29(39)35-32(2,3)4)25-15-12-13-16-27(25)38)30(40)26(34-31(41)42-33(5,6)7)22-23-17-19-24(37)20-18-23/h12-13,15-20,26,28,37-38H,8-11,14,21-22H2,1-7H3,(H,34,41)(H,35,39). The number of phenolic OH excluding ortho intramolecular Hbond substituents is 2. The summed E-state index contributed by atoms with van der Waals surface area (Å²) in [6.07, 6.45) is 3.93. The number of aromatic hydroxyl groups is 2. The number of nitrogens with zero attached hydrogens (tertiary/aromatic N) is 1. The Bertz CT molecular complexity index is 1170. The molecule has 0 aliphatic heterocycles. The second-order valence-corrected chi connectivity index (χ2v) is 12.7. The lowest BCUT2D eigenvalue weighted by Crippen LogP contribution is -2.55. The van der Waals surface area contributed by atoms with Crippen molar-refractivity contribution in [1.82, 2.24) is 15.5 Å². The first-order valence-corrected chi connectivity index (χ1v) is 14.8. The summed E-state index contributed by atoms with van der Waals surface area (Å²) in [6.45, 7) is 13.1. The van der Waals surface area contributed by atoms with Crippen molar-refractivity contribution in [3.63, 3.8) is 0 Å². The lowest BCUT2D eigenvalue weighted by atomic mass is 9.98. The molecular weight excluding hydrogens is 534 g/mol. The zero-order chi connectivity index (χ0) is 31.5. The summed E-state index contributed by atoms with van der Waals surface area (Å²) < 4.78 is 5.48. The van der Waals surface area contributed by atoms with E-state index in [-0.39, 0.29) is 24.5 Å². The first kappa shape index (κ1) is 34.5. The number of alkyl carbamates (subject to hydrolysis) is 1. The molecule has 2 aromatic rings. The maximum Gasteiger partial charge on any atom is 0.408 e. The number of nitrogens with one attached hydrogen (secondary N) is 2. The van der Waals surface area contributed by atoms with Gasteiger partial charge in [-0.05, 0) is 71.7 Å². The van der Waals surface area contributed by atoms with Gasteiger partial charge in [0.25, 0.3) is 0 Å². The Balaban J connectivity index is 2.58. The van der Waals surface area contributed by atoms with Gasteiger partial charge in [-0.2, -0.15) is 0 Å². The van der Waals surface area contributed by atoms with Crippen molar-refractivity contribution in [1.29, 1.82) is 0 Å². The highest BCUT2D eigenvalue weighted by atomic mass is 16.6. The Labute approximate surface area is 250 Å². The molecule has 2 unspecified atom stereocenters. The minimum absolute atomic E-state index is 0.0777. The molecule has 2 rings (SSSR count). The van der Waals surface area contributed by atoms with Crippen LogP contribution in [0.4, 0.5) is 4.79 Å². The van der Waals surface area contributed by atoms with E-state index in [4.69, 9.17) is 4.74 Å². The van der Waals surface area contributed by atoms with Gasteiger partial charge in [0.15, 0.2) is 0 Å². The highest BCUT2D eigenvalue weighted by Crippen LogP contribution is 2.31. The molecular formula is C33H49N3O6. The Kier molecular flexibility index (Phi) is 12.7. The average molecular weight is 584 g/mol. The first-order chi connectivity index (χ1) is 19.6. The molecule has 4 N–H and O–H groups in total. The van der Waals surface area contributed by atoms with E-state index in [2.05, 4.69) is 17.6 Å². The van der Waals surface area contributed by atoms with Gasteiger partial charge in [0.2, 0.25) is 11.8 Å². The molecule has 0 saturated heterocycles. The van der Waals surface area contributed by atoms with E-state index in [0.717, 1.165) is 25.7 Å². The van der Waals surface area contributed by atoms with E-state index in [1.807, 2.05) is 20.8 Å². The monoisotopic (exact) mass is 583 g/mol. The number of carbonyl (C=O) groups is 3. The van der Waals surface area contributed by atoms with Crippen molar-refractivity contribution in [3.8, 4) is 11.5 Å². The smallest absolute Gasteiger partial charge is 0.408 e. The molecule has 3 amide bonds. The third-order valence-electron chi connectivity index (χ3n) is 6.44. The van der Waals surface area contributed by atoms with Crippen molar-refractivity contribution >= 4 is 17.9 Å². The van der Waals surface area contributed by atoms with Crippen molar-refractivity contribution in [3.05, 3.63) is 59.7 Å². The maximum atomic E-state index is 14.5. The van der Waals surface area contributed by atoms with E-state index in [9.17, 15) is 24.6 Å². The zero-order valence-electron chi connectivity index (χ0n) is 26.2. The van der Waals surface area contributed by atoms with Crippen molar-refractivity contribution in [2.75, 3.05) is 6.54 Å². The molecule has 0 aliphatic rings. The van der Waals surface area contributed by atoms with Crippen LogP contribution in [0.2, 0.25) is 0 Å². The Hall–Kier alpha value is -3.75. The zero-order valence-corrected chi connectivity index (χ0v) is 26.2. The summed E-state index contributed by atoms with van der Waals surface area (Å²) >= 11 is 0. The first-order valence-electron chi connectivity index (χ1n) is 14.8. The number of hydrogen-bond acceptors (Lipinski definition) is 6. The minimum Gasteiger partial charge on any atom is -0.508 e. The second kappa shape index (κ2) is 15.5. The normalized spacial score (nSPS) is 13.1. The number of phenols is 2. The highest BCUT2D eigenvalue weighted by Gasteiger charge is 2.38. The van der Waals surface area contributed by atoms with E-state index >= 15 is 0 Å². The Morgan fingerprint density at radius 1 is 0.881 bits per heavy atom. The van der Waals surface area contributed by atoms with Crippen LogP contribution in [0.5, 0.6) is 11.5 Å². The third-order valence-corrected chi connectivity index (χ3v) is 6.44. The fourth-order valence-corrected chi connectivity index (χ4v) is 4.58. The third kappa shape index (κ3) is 11.6. The van der Waals surface area contributed by atoms with Crippen LogP contribution in [-0.2, 0) is 20.7 Å². The number of carbonyl (C=O) groups excluding carboxylic acids is 3. The van der Waals surface area contributed by atoms with Crippen molar-refractivity contribution in [2.45, 2.75) is 110 Å². The molecule has 232 valence electrons. The molecule has 2 aromatic carbocycles. The molecule has 2 atom stereocenters. The topological polar surface area (TPSA) is 128 Å². The van der Waals surface area contributed by atoms with Gasteiger partial charge in [0.1, 0.15) is 29.2 Å². The van der Waals surface area contributed by atoms with Gasteiger partial charge >= 0.3 is 6.09 Å². The fourth-order valence-electron chi connectivity index (χ4n) is 4.58. The van der Waals surface area contributed by atoms with Crippen LogP contribution in [0.3, 0.4) is 0 Å². The van der Waals surface area contributed by atoms with Crippen molar-refractivity contribution < 1.29 is 29.3 Å². The van der Waals surface area contributed by atoms with Gasteiger partial charge in [-0.1, -0.05) is 62.9 Å².